The Morgan fingerprint density at radius 1 is 0.926 bits per heavy atom. The van der Waals surface area contributed by atoms with Crippen molar-refractivity contribution in [1.82, 2.24) is 0 Å². The molecule has 0 heterocycles. The van der Waals surface area contributed by atoms with E-state index < -0.39 is 0 Å². The van der Waals surface area contributed by atoms with E-state index in [9.17, 15) is 9.59 Å². The molecule has 0 atom stereocenters. The highest BCUT2D eigenvalue weighted by molar-refractivity contribution is 5.95. The number of ether oxygens (including phenoxy) is 1. The minimum atomic E-state index is -0.176. The minimum absolute atomic E-state index is 0.0513. The second-order valence-electron chi connectivity index (χ2n) is 6.08. The molecular formula is C21H27N3O3. The summed E-state index contributed by atoms with van der Waals surface area (Å²) < 4.78 is 5.73. The largest absolute Gasteiger partial charge is 0.491 e. The van der Waals surface area contributed by atoms with Gasteiger partial charge in [-0.3, -0.25) is 9.59 Å². The van der Waals surface area contributed by atoms with E-state index in [2.05, 4.69) is 22.9 Å². The molecule has 2 aromatic carbocycles. The van der Waals surface area contributed by atoms with E-state index in [0.717, 1.165) is 18.5 Å². The number of unbranched alkanes of at least 4 members (excludes halogenated alkanes) is 1. The Kier molecular flexibility index (Phi) is 8.16. The zero-order chi connectivity index (χ0) is 19.5. The lowest BCUT2D eigenvalue weighted by Crippen LogP contribution is -2.22. The van der Waals surface area contributed by atoms with Crippen LogP contribution < -0.4 is 20.7 Å². The van der Waals surface area contributed by atoms with Crippen molar-refractivity contribution < 1.29 is 14.3 Å². The first-order chi connectivity index (χ1) is 13.1. The summed E-state index contributed by atoms with van der Waals surface area (Å²) in [6.07, 6.45) is 2.44. The predicted octanol–water partition coefficient (Wildman–Crippen LogP) is 4.26. The number of carbonyl (C=O) groups is 2. The van der Waals surface area contributed by atoms with Gasteiger partial charge in [0, 0.05) is 17.8 Å². The number of hydrogen-bond donors (Lipinski definition) is 3. The summed E-state index contributed by atoms with van der Waals surface area (Å²) in [5.74, 6) is 0.442. The van der Waals surface area contributed by atoms with Gasteiger partial charge in [-0.15, -0.1) is 0 Å². The van der Waals surface area contributed by atoms with Crippen molar-refractivity contribution >= 4 is 28.9 Å². The molecule has 0 bridgehead atoms. The minimum Gasteiger partial charge on any atom is -0.491 e. The van der Waals surface area contributed by atoms with Crippen LogP contribution >= 0.6 is 0 Å². The van der Waals surface area contributed by atoms with E-state index in [1.807, 2.05) is 42.5 Å². The molecule has 6 nitrogen and oxygen atoms in total. The molecule has 0 aliphatic rings. The Hall–Kier alpha value is -3.02. The number of carbonyl (C=O) groups excluding carboxylic acids is 2. The topological polar surface area (TPSA) is 79.5 Å². The third-order valence-corrected chi connectivity index (χ3v) is 3.84. The number of para-hydroxylation sites is 2. The van der Waals surface area contributed by atoms with Crippen LogP contribution in [-0.4, -0.2) is 25.0 Å². The summed E-state index contributed by atoms with van der Waals surface area (Å²) in [4.78, 5) is 23.8. The molecule has 0 saturated heterocycles. The first-order valence-corrected chi connectivity index (χ1v) is 9.27. The maximum atomic E-state index is 12.3. The third kappa shape index (κ3) is 7.01. The summed E-state index contributed by atoms with van der Waals surface area (Å²) in [5.41, 5.74) is 2.11. The Labute approximate surface area is 160 Å². The van der Waals surface area contributed by atoms with Crippen LogP contribution in [0.5, 0.6) is 5.75 Å². The van der Waals surface area contributed by atoms with Gasteiger partial charge in [-0.1, -0.05) is 38.5 Å². The number of rotatable bonds is 10. The van der Waals surface area contributed by atoms with Gasteiger partial charge < -0.3 is 20.7 Å². The Morgan fingerprint density at radius 3 is 2.48 bits per heavy atom. The zero-order valence-corrected chi connectivity index (χ0v) is 15.9. The maximum absolute atomic E-state index is 12.3. The third-order valence-electron chi connectivity index (χ3n) is 3.84. The average molecular weight is 369 g/mol. The van der Waals surface area contributed by atoms with Crippen LogP contribution in [-0.2, 0) is 9.59 Å². The van der Waals surface area contributed by atoms with Gasteiger partial charge in [0.1, 0.15) is 5.75 Å². The molecule has 0 radical (unpaired) electrons. The van der Waals surface area contributed by atoms with Gasteiger partial charge >= 0.3 is 0 Å². The van der Waals surface area contributed by atoms with Crippen molar-refractivity contribution in [2.45, 2.75) is 33.1 Å². The van der Waals surface area contributed by atoms with E-state index in [0.29, 0.717) is 30.2 Å². The van der Waals surface area contributed by atoms with Gasteiger partial charge in [-0.2, -0.15) is 0 Å². The SMILES string of the molecule is CCCCOc1ccccc1NC(=O)CNc1cccc(NC(=O)CC)c1. The lowest BCUT2D eigenvalue weighted by atomic mass is 10.2. The van der Waals surface area contributed by atoms with Gasteiger partial charge in [0.15, 0.2) is 0 Å². The summed E-state index contributed by atoms with van der Waals surface area (Å²) in [6.45, 7) is 4.63. The smallest absolute Gasteiger partial charge is 0.243 e. The van der Waals surface area contributed by atoms with Crippen LogP contribution in [0.4, 0.5) is 17.1 Å². The first-order valence-electron chi connectivity index (χ1n) is 9.27. The summed E-state index contributed by atoms with van der Waals surface area (Å²) in [7, 11) is 0. The molecule has 0 aliphatic carbocycles. The van der Waals surface area contributed by atoms with Crippen LogP contribution in [0.1, 0.15) is 33.1 Å². The monoisotopic (exact) mass is 369 g/mol. The van der Waals surface area contributed by atoms with Gasteiger partial charge in [-0.25, -0.2) is 0 Å². The molecule has 144 valence electrons. The Balaban J connectivity index is 1.90. The molecule has 0 spiro atoms. The zero-order valence-electron chi connectivity index (χ0n) is 15.9. The van der Waals surface area contributed by atoms with Crippen LogP contribution in [0.25, 0.3) is 0 Å². The Morgan fingerprint density at radius 2 is 1.70 bits per heavy atom. The highest BCUT2D eigenvalue weighted by Crippen LogP contribution is 2.24. The van der Waals surface area contributed by atoms with Crippen LogP contribution in [0.2, 0.25) is 0 Å². The molecule has 0 aliphatic heterocycles. The highest BCUT2D eigenvalue weighted by Gasteiger charge is 2.08. The number of benzene rings is 2. The molecule has 0 aromatic heterocycles. The fourth-order valence-electron chi connectivity index (χ4n) is 2.36. The lowest BCUT2D eigenvalue weighted by Gasteiger charge is -2.13. The Bertz CT molecular complexity index is 762. The number of amides is 2. The van der Waals surface area contributed by atoms with Gasteiger partial charge in [-0.05, 0) is 36.8 Å². The molecule has 2 rings (SSSR count). The molecule has 6 heteroatoms. The molecule has 3 N–H and O–H groups in total. The summed E-state index contributed by atoms with van der Waals surface area (Å²) >= 11 is 0. The predicted molar refractivity (Wildman–Crippen MR) is 109 cm³/mol. The normalized spacial score (nSPS) is 10.1. The number of anilines is 3. The van der Waals surface area contributed by atoms with E-state index in [1.54, 1.807) is 13.0 Å². The molecular weight excluding hydrogens is 342 g/mol. The molecule has 0 unspecified atom stereocenters. The van der Waals surface area contributed by atoms with E-state index in [1.165, 1.54) is 0 Å². The summed E-state index contributed by atoms with van der Waals surface area (Å²) in [6, 6.07) is 14.7. The first kappa shape index (κ1) is 20.3. The quantitative estimate of drug-likeness (QED) is 0.547. The average Bonchev–Trinajstić information content (AvgIpc) is 2.68. The molecule has 27 heavy (non-hydrogen) atoms. The van der Waals surface area contributed by atoms with Crippen molar-refractivity contribution in [2.75, 3.05) is 29.1 Å². The van der Waals surface area contributed by atoms with Gasteiger partial charge in [0.05, 0.1) is 18.8 Å². The molecule has 0 fully saturated rings. The van der Waals surface area contributed by atoms with Crippen LogP contribution in [0, 0.1) is 0 Å². The van der Waals surface area contributed by atoms with Gasteiger partial charge in [0.25, 0.3) is 0 Å². The highest BCUT2D eigenvalue weighted by atomic mass is 16.5. The molecule has 2 amide bonds. The van der Waals surface area contributed by atoms with Crippen molar-refractivity contribution in [1.29, 1.82) is 0 Å². The second kappa shape index (κ2) is 10.9. The second-order valence-corrected chi connectivity index (χ2v) is 6.08. The fourth-order valence-corrected chi connectivity index (χ4v) is 2.36. The van der Waals surface area contributed by atoms with Crippen LogP contribution in [0.3, 0.4) is 0 Å². The maximum Gasteiger partial charge on any atom is 0.243 e. The van der Waals surface area contributed by atoms with E-state index in [4.69, 9.17) is 4.74 Å². The van der Waals surface area contributed by atoms with Gasteiger partial charge in [0.2, 0.25) is 11.8 Å². The van der Waals surface area contributed by atoms with E-state index in [-0.39, 0.29) is 18.4 Å². The van der Waals surface area contributed by atoms with E-state index >= 15 is 0 Å². The lowest BCUT2D eigenvalue weighted by molar-refractivity contribution is -0.116. The number of hydrogen-bond acceptors (Lipinski definition) is 4. The molecule has 2 aromatic rings. The van der Waals surface area contributed by atoms with Crippen molar-refractivity contribution in [3.63, 3.8) is 0 Å². The number of nitrogens with one attached hydrogen (secondary N) is 3. The fraction of sp³-hybridized carbons (Fsp3) is 0.333. The molecule has 0 saturated carbocycles. The van der Waals surface area contributed by atoms with Crippen molar-refractivity contribution in [2.24, 2.45) is 0 Å². The van der Waals surface area contributed by atoms with Crippen molar-refractivity contribution in [3.05, 3.63) is 48.5 Å². The van der Waals surface area contributed by atoms with Crippen molar-refractivity contribution in [3.8, 4) is 5.75 Å². The standard InChI is InChI=1S/C21H27N3O3/c1-3-5-13-27-19-12-7-6-11-18(19)24-21(26)15-22-16-9-8-10-17(14-16)23-20(25)4-2/h6-12,14,22H,3-5,13,15H2,1-2H3,(H,23,25)(H,24,26). The summed E-state index contributed by atoms with van der Waals surface area (Å²) in [5, 5.41) is 8.73. The van der Waals surface area contributed by atoms with Crippen LogP contribution in [0.15, 0.2) is 48.5 Å².